The van der Waals surface area contributed by atoms with Crippen LogP contribution < -0.4 is 0 Å². The number of Topliss-reactive ketones (excluding diaryl/α,β-unsaturated/α-hetero) is 1. The summed E-state index contributed by atoms with van der Waals surface area (Å²) in [6, 6.07) is 0. The smallest absolute Gasteiger partial charge is 0.136 e. The van der Waals surface area contributed by atoms with E-state index in [9.17, 15) is 4.79 Å². The number of hydrogen-bond donors (Lipinski definition) is 0. The molecule has 2 heteroatoms. The maximum absolute atomic E-state index is 11.3. The first-order valence-electron chi connectivity index (χ1n) is 4.29. The fraction of sp³-hybridized carbons (Fsp3) is 0.889. The Bertz CT molecular complexity index is 186. The van der Waals surface area contributed by atoms with Gasteiger partial charge in [-0.05, 0) is 18.3 Å². The van der Waals surface area contributed by atoms with Crippen LogP contribution in [-0.4, -0.2) is 19.0 Å². The highest BCUT2D eigenvalue weighted by Crippen LogP contribution is 2.50. The van der Waals surface area contributed by atoms with Gasteiger partial charge in [-0.3, -0.25) is 4.79 Å². The first-order valence-corrected chi connectivity index (χ1v) is 4.29. The molecule has 0 amide bonds. The van der Waals surface area contributed by atoms with Crippen LogP contribution >= 0.6 is 0 Å². The molecule has 0 radical (unpaired) electrons. The van der Waals surface area contributed by atoms with Crippen LogP contribution in [0.1, 0.15) is 19.8 Å². The van der Waals surface area contributed by atoms with Crippen LogP contribution in [0.25, 0.3) is 0 Å². The first kappa shape index (κ1) is 7.29. The molecule has 2 aliphatic carbocycles. The van der Waals surface area contributed by atoms with Crippen LogP contribution in [0, 0.1) is 17.8 Å². The number of ketones is 1. The lowest BCUT2D eigenvalue weighted by Crippen LogP contribution is -2.31. The van der Waals surface area contributed by atoms with Crippen molar-refractivity contribution in [2.45, 2.75) is 25.9 Å². The molecule has 4 atom stereocenters. The Morgan fingerprint density at radius 1 is 1.55 bits per heavy atom. The summed E-state index contributed by atoms with van der Waals surface area (Å²) in [7, 11) is 1.76. The van der Waals surface area contributed by atoms with Gasteiger partial charge in [0.2, 0.25) is 0 Å². The minimum Gasteiger partial charge on any atom is -0.381 e. The maximum atomic E-state index is 11.3. The third-order valence-corrected chi connectivity index (χ3v) is 3.03. The molecule has 0 heterocycles. The SMILES string of the molecule is CO[C@H]1[C@H]2C[C@H]2C(=O)C[C@@H]1C. The van der Waals surface area contributed by atoms with Gasteiger partial charge in [-0.1, -0.05) is 6.92 Å². The van der Waals surface area contributed by atoms with E-state index in [1.807, 2.05) is 0 Å². The Kier molecular flexibility index (Phi) is 1.53. The highest BCUT2D eigenvalue weighted by Gasteiger charge is 2.53. The van der Waals surface area contributed by atoms with Crippen molar-refractivity contribution in [1.29, 1.82) is 0 Å². The van der Waals surface area contributed by atoms with E-state index in [0.717, 1.165) is 12.8 Å². The maximum Gasteiger partial charge on any atom is 0.136 e. The van der Waals surface area contributed by atoms with E-state index in [1.165, 1.54) is 0 Å². The van der Waals surface area contributed by atoms with E-state index in [-0.39, 0.29) is 0 Å². The minimum atomic E-state index is 0.359. The quantitative estimate of drug-likeness (QED) is 0.568. The van der Waals surface area contributed by atoms with Gasteiger partial charge < -0.3 is 4.74 Å². The van der Waals surface area contributed by atoms with Gasteiger partial charge in [-0.2, -0.15) is 0 Å². The van der Waals surface area contributed by atoms with Gasteiger partial charge in [0, 0.05) is 19.4 Å². The van der Waals surface area contributed by atoms with Crippen molar-refractivity contribution in [2.75, 3.05) is 7.11 Å². The summed E-state index contributed by atoms with van der Waals surface area (Å²) in [6.45, 7) is 2.11. The van der Waals surface area contributed by atoms with Gasteiger partial charge >= 0.3 is 0 Å². The van der Waals surface area contributed by atoms with Gasteiger partial charge in [0.15, 0.2) is 0 Å². The second kappa shape index (κ2) is 2.31. The molecule has 0 spiro atoms. The molecule has 2 nitrogen and oxygen atoms in total. The van der Waals surface area contributed by atoms with Crippen LogP contribution in [0.3, 0.4) is 0 Å². The number of carbonyl (C=O) groups excluding carboxylic acids is 1. The second-order valence-corrected chi connectivity index (χ2v) is 3.85. The zero-order valence-corrected chi connectivity index (χ0v) is 7.04. The number of fused-ring (bicyclic) bond motifs is 1. The highest BCUT2D eigenvalue weighted by atomic mass is 16.5. The van der Waals surface area contributed by atoms with E-state index >= 15 is 0 Å². The summed E-state index contributed by atoms with van der Waals surface area (Å²) in [6.07, 6.45) is 2.18. The van der Waals surface area contributed by atoms with Crippen molar-refractivity contribution >= 4 is 5.78 Å². The topological polar surface area (TPSA) is 26.3 Å². The third-order valence-electron chi connectivity index (χ3n) is 3.03. The van der Waals surface area contributed by atoms with Crippen LogP contribution in [-0.2, 0) is 9.53 Å². The zero-order valence-electron chi connectivity index (χ0n) is 7.04. The minimum absolute atomic E-state index is 0.359. The predicted octanol–water partition coefficient (Wildman–Crippen LogP) is 1.25. The van der Waals surface area contributed by atoms with E-state index in [2.05, 4.69) is 6.92 Å². The summed E-state index contributed by atoms with van der Waals surface area (Å²) in [4.78, 5) is 11.3. The molecule has 0 bridgehead atoms. The van der Waals surface area contributed by atoms with E-state index < -0.39 is 0 Å². The van der Waals surface area contributed by atoms with Crippen molar-refractivity contribution < 1.29 is 9.53 Å². The number of hydrogen-bond acceptors (Lipinski definition) is 2. The van der Waals surface area contributed by atoms with E-state index in [0.29, 0.717) is 29.6 Å². The summed E-state index contributed by atoms with van der Waals surface area (Å²) < 4.78 is 5.35. The molecule has 0 saturated heterocycles. The molecule has 0 aliphatic heterocycles. The van der Waals surface area contributed by atoms with Crippen LogP contribution in [0.15, 0.2) is 0 Å². The largest absolute Gasteiger partial charge is 0.381 e. The van der Waals surface area contributed by atoms with Gasteiger partial charge in [0.25, 0.3) is 0 Å². The van der Waals surface area contributed by atoms with Crippen molar-refractivity contribution in [3.8, 4) is 0 Å². The fourth-order valence-corrected chi connectivity index (χ4v) is 2.36. The van der Waals surface area contributed by atoms with Crippen molar-refractivity contribution in [3.63, 3.8) is 0 Å². The lowest BCUT2D eigenvalue weighted by molar-refractivity contribution is -0.125. The predicted molar refractivity (Wildman–Crippen MR) is 41.2 cm³/mol. The average molecular weight is 154 g/mol. The molecule has 11 heavy (non-hydrogen) atoms. The van der Waals surface area contributed by atoms with Crippen LogP contribution in [0.2, 0.25) is 0 Å². The number of rotatable bonds is 1. The normalized spacial score (nSPS) is 48.7. The van der Waals surface area contributed by atoms with Gasteiger partial charge in [-0.15, -0.1) is 0 Å². The van der Waals surface area contributed by atoms with E-state index in [4.69, 9.17) is 4.74 Å². The van der Waals surface area contributed by atoms with Gasteiger partial charge in [0.05, 0.1) is 6.10 Å². The molecule has 0 aromatic rings. The van der Waals surface area contributed by atoms with Gasteiger partial charge in [-0.25, -0.2) is 0 Å². The second-order valence-electron chi connectivity index (χ2n) is 3.85. The van der Waals surface area contributed by atoms with Crippen LogP contribution in [0.4, 0.5) is 0 Å². The Labute approximate surface area is 66.9 Å². The van der Waals surface area contributed by atoms with Gasteiger partial charge in [0.1, 0.15) is 5.78 Å². The molecule has 2 aliphatic rings. The molecule has 2 fully saturated rings. The van der Waals surface area contributed by atoms with Crippen molar-refractivity contribution in [3.05, 3.63) is 0 Å². The van der Waals surface area contributed by atoms with E-state index in [1.54, 1.807) is 7.11 Å². The summed E-state index contributed by atoms with van der Waals surface area (Å²) >= 11 is 0. The zero-order chi connectivity index (χ0) is 8.01. The Morgan fingerprint density at radius 3 is 2.91 bits per heavy atom. The lowest BCUT2D eigenvalue weighted by Gasteiger charge is -2.26. The Morgan fingerprint density at radius 2 is 2.27 bits per heavy atom. The monoisotopic (exact) mass is 154 g/mol. The third kappa shape index (κ3) is 1.00. The number of carbonyl (C=O) groups is 1. The van der Waals surface area contributed by atoms with Crippen molar-refractivity contribution in [2.24, 2.45) is 17.8 Å². The molecule has 0 unspecified atom stereocenters. The number of methoxy groups -OCH3 is 1. The lowest BCUT2D eigenvalue weighted by atomic mass is 9.87. The van der Waals surface area contributed by atoms with Crippen LogP contribution in [0.5, 0.6) is 0 Å². The standard InChI is InChI=1S/C9H14O2/c1-5-3-8(10)6-4-7(6)9(5)11-2/h5-7,9H,3-4H2,1-2H3/t5-,6+,7-,9+/m0/s1. The summed E-state index contributed by atoms with van der Waals surface area (Å²) in [5, 5.41) is 0. The molecular weight excluding hydrogens is 140 g/mol. The molecular formula is C9H14O2. The molecule has 62 valence electrons. The Balaban J connectivity index is 2.09. The average Bonchev–Trinajstić information content (AvgIpc) is 2.67. The molecule has 0 aromatic carbocycles. The molecule has 0 N–H and O–H groups in total. The van der Waals surface area contributed by atoms with Crippen molar-refractivity contribution in [1.82, 2.24) is 0 Å². The number of ether oxygens (including phenoxy) is 1. The first-order chi connectivity index (χ1) is 5.24. The molecule has 0 aromatic heterocycles. The molecule has 2 rings (SSSR count). The Hall–Kier alpha value is -0.370. The highest BCUT2D eigenvalue weighted by molar-refractivity contribution is 5.85. The summed E-state index contributed by atoms with van der Waals surface area (Å²) in [5.41, 5.74) is 0. The fourth-order valence-electron chi connectivity index (χ4n) is 2.36. The molecule has 2 saturated carbocycles. The summed E-state index contributed by atoms with van der Waals surface area (Å²) in [5.74, 6) is 1.85.